The number of aromatic nitrogens is 1. The van der Waals surface area contributed by atoms with E-state index in [1.807, 2.05) is 0 Å². The summed E-state index contributed by atoms with van der Waals surface area (Å²) in [5, 5.41) is 9.82. The van der Waals surface area contributed by atoms with Crippen molar-refractivity contribution in [2.45, 2.75) is 24.4 Å². The first-order chi connectivity index (χ1) is 7.62. The van der Waals surface area contributed by atoms with Gasteiger partial charge in [0.15, 0.2) is 6.10 Å². The summed E-state index contributed by atoms with van der Waals surface area (Å²) in [6, 6.07) is 1.49. The molecule has 0 aliphatic heterocycles. The van der Waals surface area contributed by atoms with E-state index in [0.29, 0.717) is 18.4 Å². The van der Waals surface area contributed by atoms with Gasteiger partial charge in [-0.1, -0.05) is 0 Å². The highest BCUT2D eigenvalue weighted by molar-refractivity contribution is 5.77. The predicted octanol–water partition coefficient (Wildman–Crippen LogP) is 0.786. The first-order valence-corrected chi connectivity index (χ1v) is 4.98. The molecule has 5 heteroatoms. The smallest absolute Gasteiger partial charge is 0.335 e. The molecule has 0 bridgehead atoms. The van der Waals surface area contributed by atoms with Gasteiger partial charge in [0.25, 0.3) is 0 Å². The number of aliphatic hydroxyl groups excluding tert-OH is 1. The number of ether oxygens (including phenoxy) is 1. The van der Waals surface area contributed by atoms with Crippen molar-refractivity contribution in [2.75, 3.05) is 7.11 Å². The molecule has 0 amide bonds. The highest BCUT2D eigenvalue weighted by Gasteiger charge is 2.55. The van der Waals surface area contributed by atoms with Crippen molar-refractivity contribution in [3.63, 3.8) is 0 Å². The van der Waals surface area contributed by atoms with Crippen LogP contribution in [0.4, 0.5) is 4.39 Å². The largest absolute Gasteiger partial charge is 0.467 e. The van der Waals surface area contributed by atoms with Crippen molar-refractivity contribution in [3.8, 4) is 0 Å². The van der Waals surface area contributed by atoms with Gasteiger partial charge in [0.05, 0.1) is 13.3 Å². The lowest BCUT2D eigenvalue weighted by Gasteiger charge is -2.20. The van der Waals surface area contributed by atoms with E-state index in [2.05, 4.69) is 9.72 Å². The number of rotatable bonds is 3. The third kappa shape index (κ3) is 1.57. The van der Waals surface area contributed by atoms with Crippen LogP contribution >= 0.6 is 0 Å². The van der Waals surface area contributed by atoms with E-state index in [1.54, 1.807) is 0 Å². The Kier molecular flexibility index (Phi) is 2.63. The monoisotopic (exact) mass is 225 g/mol. The van der Waals surface area contributed by atoms with Crippen LogP contribution < -0.4 is 0 Å². The Morgan fingerprint density at radius 1 is 1.69 bits per heavy atom. The molecule has 1 aliphatic carbocycles. The number of aliphatic hydroxyl groups is 1. The van der Waals surface area contributed by atoms with Crippen molar-refractivity contribution in [2.24, 2.45) is 0 Å². The second-order valence-electron chi connectivity index (χ2n) is 3.94. The van der Waals surface area contributed by atoms with Crippen LogP contribution in [0.2, 0.25) is 0 Å². The van der Waals surface area contributed by atoms with Crippen LogP contribution in [0, 0.1) is 5.82 Å². The molecule has 0 spiro atoms. The average molecular weight is 225 g/mol. The molecule has 4 nitrogen and oxygen atoms in total. The van der Waals surface area contributed by atoms with Gasteiger partial charge in [0, 0.05) is 17.2 Å². The number of carbonyl (C=O) groups excluding carboxylic acids is 1. The molecule has 86 valence electrons. The van der Waals surface area contributed by atoms with E-state index < -0.39 is 23.3 Å². The molecule has 1 unspecified atom stereocenters. The fourth-order valence-electron chi connectivity index (χ4n) is 1.94. The minimum absolute atomic E-state index is 0.334. The maximum absolute atomic E-state index is 13.5. The van der Waals surface area contributed by atoms with Gasteiger partial charge >= 0.3 is 5.97 Å². The molecule has 0 aromatic carbocycles. The predicted molar refractivity (Wildman–Crippen MR) is 53.1 cm³/mol. The SMILES string of the molecule is COC(=O)C(O)C1(c2ccncc2F)CC1. The number of carbonyl (C=O) groups is 1. The number of hydrogen-bond donors (Lipinski definition) is 1. The number of pyridine rings is 1. The quantitative estimate of drug-likeness (QED) is 0.772. The third-order valence-electron chi connectivity index (χ3n) is 3.05. The van der Waals surface area contributed by atoms with Crippen molar-refractivity contribution in [3.05, 3.63) is 29.8 Å². The standard InChI is InChI=1S/C11H12FNO3/c1-16-10(15)9(14)11(3-4-11)7-2-5-13-6-8(7)12/h2,5-6,9,14H,3-4H2,1H3. The minimum Gasteiger partial charge on any atom is -0.467 e. The van der Waals surface area contributed by atoms with Crippen molar-refractivity contribution < 1.29 is 19.0 Å². The maximum Gasteiger partial charge on any atom is 0.335 e. The summed E-state index contributed by atoms with van der Waals surface area (Å²) in [6.45, 7) is 0. The molecule has 1 N–H and O–H groups in total. The lowest BCUT2D eigenvalue weighted by atomic mass is 9.90. The third-order valence-corrected chi connectivity index (χ3v) is 3.05. The van der Waals surface area contributed by atoms with Crippen molar-refractivity contribution in [1.29, 1.82) is 0 Å². The summed E-state index contributed by atoms with van der Waals surface area (Å²) in [4.78, 5) is 14.9. The highest BCUT2D eigenvalue weighted by atomic mass is 19.1. The van der Waals surface area contributed by atoms with Crippen LogP contribution in [-0.4, -0.2) is 29.3 Å². The number of hydrogen-bond acceptors (Lipinski definition) is 4. The Hall–Kier alpha value is -1.49. The Balaban J connectivity index is 2.33. The van der Waals surface area contributed by atoms with E-state index in [9.17, 15) is 14.3 Å². The molecule has 1 atom stereocenters. The number of nitrogens with zero attached hydrogens (tertiary/aromatic N) is 1. The van der Waals surface area contributed by atoms with E-state index in [-0.39, 0.29) is 0 Å². The summed E-state index contributed by atoms with van der Waals surface area (Å²) in [6.07, 6.45) is 2.37. The van der Waals surface area contributed by atoms with Crippen LogP contribution in [0.1, 0.15) is 18.4 Å². The first-order valence-electron chi connectivity index (χ1n) is 4.98. The molecular weight excluding hydrogens is 213 g/mol. The lowest BCUT2D eigenvalue weighted by Crippen LogP contribution is -2.35. The first kappa shape index (κ1) is 11.0. The normalized spacial score (nSPS) is 18.9. The zero-order valence-corrected chi connectivity index (χ0v) is 8.81. The fourth-order valence-corrected chi connectivity index (χ4v) is 1.94. The minimum atomic E-state index is -1.31. The zero-order chi connectivity index (χ0) is 11.8. The van der Waals surface area contributed by atoms with E-state index in [0.717, 1.165) is 6.20 Å². The fraction of sp³-hybridized carbons (Fsp3) is 0.455. The summed E-state index contributed by atoms with van der Waals surface area (Å²) < 4.78 is 18.0. The van der Waals surface area contributed by atoms with Gasteiger partial charge in [0.1, 0.15) is 5.82 Å². The number of halogens is 1. The van der Waals surface area contributed by atoms with Crippen LogP contribution in [0.3, 0.4) is 0 Å². The summed E-state index contributed by atoms with van der Waals surface area (Å²) >= 11 is 0. The van der Waals surface area contributed by atoms with Gasteiger partial charge in [-0.25, -0.2) is 9.18 Å². The second-order valence-corrected chi connectivity index (χ2v) is 3.94. The Labute approximate surface area is 92.1 Å². The molecule has 2 rings (SSSR count). The number of esters is 1. The molecule has 0 radical (unpaired) electrons. The molecule has 1 fully saturated rings. The summed E-state index contributed by atoms with van der Waals surface area (Å²) in [5.74, 6) is -1.23. The molecular formula is C11H12FNO3. The van der Waals surface area contributed by atoms with E-state index in [4.69, 9.17) is 0 Å². The van der Waals surface area contributed by atoms with Crippen LogP contribution in [0.15, 0.2) is 18.5 Å². The second kappa shape index (κ2) is 3.83. The Bertz CT molecular complexity index is 417. The summed E-state index contributed by atoms with van der Waals surface area (Å²) in [7, 11) is 1.20. The zero-order valence-electron chi connectivity index (χ0n) is 8.81. The van der Waals surface area contributed by atoms with Crippen molar-refractivity contribution >= 4 is 5.97 Å². The van der Waals surface area contributed by atoms with Gasteiger partial charge < -0.3 is 9.84 Å². The van der Waals surface area contributed by atoms with Gasteiger partial charge in [-0.2, -0.15) is 0 Å². The van der Waals surface area contributed by atoms with Crippen LogP contribution in [0.5, 0.6) is 0 Å². The molecule has 1 saturated carbocycles. The molecule has 16 heavy (non-hydrogen) atoms. The molecule has 0 saturated heterocycles. The Morgan fingerprint density at radius 3 is 2.88 bits per heavy atom. The van der Waals surface area contributed by atoms with Gasteiger partial charge in [-0.15, -0.1) is 0 Å². The average Bonchev–Trinajstić information content (AvgIpc) is 3.09. The van der Waals surface area contributed by atoms with E-state index >= 15 is 0 Å². The highest BCUT2D eigenvalue weighted by Crippen LogP contribution is 2.51. The summed E-state index contributed by atoms with van der Waals surface area (Å²) in [5.41, 5.74) is -0.486. The van der Waals surface area contributed by atoms with Gasteiger partial charge in [0.2, 0.25) is 0 Å². The molecule has 1 aromatic rings. The van der Waals surface area contributed by atoms with Gasteiger partial charge in [-0.3, -0.25) is 4.98 Å². The molecule has 1 aromatic heterocycles. The molecule has 1 heterocycles. The Morgan fingerprint density at radius 2 is 2.38 bits per heavy atom. The van der Waals surface area contributed by atoms with Crippen LogP contribution in [0.25, 0.3) is 0 Å². The maximum atomic E-state index is 13.5. The lowest BCUT2D eigenvalue weighted by molar-refractivity contribution is -0.152. The van der Waals surface area contributed by atoms with Gasteiger partial charge in [-0.05, 0) is 18.9 Å². The van der Waals surface area contributed by atoms with Crippen molar-refractivity contribution in [1.82, 2.24) is 4.98 Å². The van der Waals surface area contributed by atoms with Crippen LogP contribution in [-0.2, 0) is 14.9 Å². The number of methoxy groups -OCH3 is 1. The topological polar surface area (TPSA) is 59.4 Å². The van der Waals surface area contributed by atoms with E-state index in [1.165, 1.54) is 19.4 Å². The molecule has 1 aliphatic rings.